The van der Waals surface area contributed by atoms with E-state index in [1.807, 2.05) is 37.4 Å². The molecule has 1 N–H and O–H groups in total. The molecule has 0 spiro atoms. The third-order valence-corrected chi connectivity index (χ3v) is 2.44. The van der Waals surface area contributed by atoms with Crippen molar-refractivity contribution in [3.8, 4) is 5.69 Å². The maximum atomic E-state index is 11.9. The number of aromatic nitrogens is 3. The molecule has 0 radical (unpaired) electrons. The number of nitrogens with zero attached hydrogens (tertiary/aromatic N) is 3. The van der Waals surface area contributed by atoms with E-state index in [4.69, 9.17) is 0 Å². The minimum atomic E-state index is 0.0354. The van der Waals surface area contributed by atoms with Crippen molar-refractivity contribution in [1.29, 1.82) is 0 Å². The number of ketones is 1. The summed E-state index contributed by atoms with van der Waals surface area (Å²) in [7, 11) is 1.82. The summed E-state index contributed by atoms with van der Waals surface area (Å²) < 4.78 is 1.57. The summed E-state index contributed by atoms with van der Waals surface area (Å²) in [5.41, 5.74) is 1.37. The number of hydrogen-bond acceptors (Lipinski definition) is 4. The van der Waals surface area contributed by atoms with Crippen molar-refractivity contribution in [2.24, 2.45) is 0 Å². The zero-order chi connectivity index (χ0) is 12.1. The van der Waals surface area contributed by atoms with Gasteiger partial charge in [-0.15, -0.1) is 5.10 Å². The van der Waals surface area contributed by atoms with Crippen LogP contribution in [0.15, 0.2) is 36.5 Å². The Morgan fingerprint density at radius 3 is 2.82 bits per heavy atom. The Labute approximate surface area is 99.5 Å². The molecule has 0 aliphatic carbocycles. The van der Waals surface area contributed by atoms with Crippen LogP contribution < -0.4 is 5.32 Å². The van der Waals surface area contributed by atoms with Gasteiger partial charge in [-0.3, -0.25) is 4.79 Å². The lowest BCUT2D eigenvalue weighted by Gasteiger charge is -2.04. The van der Waals surface area contributed by atoms with E-state index in [1.54, 1.807) is 4.68 Å². The standard InChI is InChI=1S/C12H14N4O/c1-13-8-7-12(17)11-9-14-15-16(11)10-5-3-2-4-6-10/h2-6,9,13H,7-8H2,1H3. The number of Topliss-reactive ketones (excluding diaryl/α,β-unsaturated/α-hetero) is 1. The second-order valence-corrected chi connectivity index (χ2v) is 3.64. The lowest BCUT2D eigenvalue weighted by atomic mass is 10.2. The van der Waals surface area contributed by atoms with Crippen LogP contribution in [0, 0.1) is 0 Å². The fraction of sp³-hybridized carbons (Fsp3) is 0.250. The second-order valence-electron chi connectivity index (χ2n) is 3.64. The molecule has 0 aliphatic heterocycles. The van der Waals surface area contributed by atoms with E-state index in [0.717, 1.165) is 5.69 Å². The van der Waals surface area contributed by atoms with Crippen LogP contribution in [-0.4, -0.2) is 34.4 Å². The van der Waals surface area contributed by atoms with E-state index < -0.39 is 0 Å². The van der Waals surface area contributed by atoms with Gasteiger partial charge in [0.1, 0.15) is 5.69 Å². The summed E-state index contributed by atoms with van der Waals surface area (Å²) in [5.74, 6) is 0.0354. The molecule has 2 rings (SSSR count). The van der Waals surface area contributed by atoms with Crippen LogP contribution in [0.1, 0.15) is 16.9 Å². The van der Waals surface area contributed by atoms with Gasteiger partial charge in [0.15, 0.2) is 5.78 Å². The fourth-order valence-electron chi connectivity index (χ4n) is 1.55. The molecule has 5 nitrogen and oxygen atoms in total. The summed E-state index contributed by atoms with van der Waals surface area (Å²) in [6.07, 6.45) is 1.95. The Morgan fingerprint density at radius 2 is 2.12 bits per heavy atom. The summed E-state index contributed by atoms with van der Waals surface area (Å²) in [6, 6.07) is 9.51. The van der Waals surface area contributed by atoms with Crippen molar-refractivity contribution < 1.29 is 4.79 Å². The van der Waals surface area contributed by atoms with Gasteiger partial charge < -0.3 is 5.32 Å². The monoisotopic (exact) mass is 230 g/mol. The second kappa shape index (κ2) is 5.36. The molecule has 0 saturated heterocycles. The molecule has 1 aromatic carbocycles. The molecule has 1 heterocycles. The number of nitrogens with one attached hydrogen (secondary N) is 1. The zero-order valence-electron chi connectivity index (χ0n) is 9.63. The highest BCUT2D eigenvalue weighted by molar-refractivity contribution is 5.94. The lowest BCUT2D eigenvalue weighted by molar-refractivity contribution is 0.0975. The van der Waals surface area contributed by atoms with Gasteiger partial charge in [0.25, 0.3) is 0 Å². The Balaban J connectivity index is 2.26. The van der Waals surface area contributed by atoms with Gasteiger partial charge in [-0.1, -0.05) is 23.4 Å². The fourth-order valence-corrected chi connectivity index (χ4v) is 1.55. The lowest BCUT2D eigenvalue weighted by Crippen LogP contribution is -2.15. The Kier molecular flexibility index (Phi) is 3.62. The van der Waals surface area contributed by atoms with Gasteiger partial charge >= 0.3 is 0 Å². The highest BCUT2D eigenvalue weighted by Gasteiger charge is 2.13. The number of hydrogen-bond donors (Lipinski definition) is 1. The SMILES string of the molecule is CNCCC(=O)c1cnnn1-c1ccccc1. The first-order chi connectivity index (χ1) is 8.33. The highest BCUT2D eigenvalue weighted by Crippen LogP contribution is 2.10. The normalized spacial score (nSPS) is 10.4. The van der Waals surface area contributed by atoms with Gasteiger partial charge in [0.05, 0.1) is 11.9 Å². The van der Waals surface area contributed by atoms with Crippen LogP contribution in [0.3, 0.4) is 0 Å². The molecule has 5 heteroatoms. The Bertz CT molecular complexity index is 492. The van der Waals surface area contributed by atoms with Crippen LogP contribution in [0.4, 0.5) is 0 Å². The predicted octanol–water partition coefficient (Wildman–Crippen LogP) is 1.06. The number of carbonyl (C=O) groups is 1. The zero-order valence-corrected chi connectivity index (χ0v) is 9.63. The first-order valence-corrected chi connectivity index (χ1v) is 5.47. The van der Waals surface area contributed by atoms with Crippen molar-refractivity contribution in [1.82, 2.24) is 20.3 Å². The van der Waals surface area contributed by atoms with Gasteiger partial charge in [-0.25, -0.2) is 4.68 Å². The number of para-hydroxylation sites is 1. The van der Waals surface area contributed by atoms with Crippen molar-refractivity contribution in [3.63, 3.8) is 0 Å². The molecule has 2 aromatic rings. The Hall–Kier alpha value is -2.01. The Morgan fingerprint density at radius 1 is 1.35 bits per heavy atom. The molecule has 17 heavy (non-hydrogen) atoms. The van der Waals surface area contributed by atoms with E-state index in [-0.39, 0.29) is 5.78 Å². The van der Waals surface area contributed by atoms with Crippen LogP contribution in [0.2, 0.25) is 0 Å². The number of benzene rings is 1. The van der Waals surface area contributed by atoms with Crippen molar-refractivity contribution in [2.45, 2.75) is 6.42 Å². The van der Waals surface area contributed by atoms with Crippen molar-refractivity contribution in [2.75, 3.05) is 13.6 Å². The third-order valence-electron chi connectivity index (χ3n) is 2.44. The molecule has 0 bridgehead atoms. The first kappa shape index (κ1) is 11.5. The maximum absolute atomic E-state index is 11.9. The van der Waals surface area contributed by atoms with E-state index in [2.05, 4.69) is 15.6 Å². The largest absolute Gasteiger partial charge is 0.319 e. The van der Waals surface area contributed by atoms with Gasteiger partial charge in [-0.05, 0) is 19.2 Å². The number of carbonyl (C=O) groups excluding carboxylic acids is 1. The molecule has 1 aromatic heterocycles. The molecule has 0 fully saturated rings. The summed E-state index contributed by atoms with van der Waals surface area (Å²) in [5, 5.41) is 10.7. The van der Waals surface area contributed by atoms with Crippen LogP contribution >= 0.6 is 0 Å². The topological polar surface area (TPSA) is 59.8 Å². The third kappa shape index (κ3) is 2.57. The van der Waals surface area contributed by atoms with E-state index in [1.165, 1.54) is 6.20 Å². The summed E-state index contributed by atoms with van der Waals surface area (Å²) in [4.78, 5) is 11.9. The molecule has 0 aliphatic rings. The van der Waals surface area contributed by atoms with Crippen LogP contribution in [0.5, 0.6) is 0 Å². The first-order valence-electron chi connectivity index (χ1n) is 5.47. The molecule has 0 unspecified atom stereocenters. The van der Waals surface area contributed by atoms with Crippen LogP contribution in [-0.2, 0) is 0 Å². The van der Waals surface area contributed by atoms with E-state index in [9.17, 15) is 4.79 Å². The number of rotatable bonds is 5. The van der Waals surface area contributed by atoms with E-state index >= 15 is 0 Å². The van der Waals surface area contributed by atoms with Crippen LogP contribution in [0.25, 0.3) is 5.69 Å². The van der Waals surface area contributed by atoms with Gasteiger partial charge in [-0.2, -0.15) is 0 Å². The molecule has 0 amide bonds. The molecule has 88 valence electrons. The molecular formula is C12H14N4O. The average Bonchev–Trinajstić information content (AvgIpc) is 2.86. The summed E-state index contributed by atoms with van der Waals surface area (Å²) in [6.45, 7) is 0.652. The minimum Gasteiger partial charge on any atom is -0.319 e. The molecule has 0 saturated carbocycles. The predicted molar refractivity (Wildman–Crippen MR) is 64.2 cm³/mol. The van der Waals surface area contributed by atoms with Gasteiger partial charge in [0.2, 0.25) is 0 Å². The average molecular weight is 230 g/mol. The van der Waals surface area contributed by atoms with Gasteiger partial charge in [0, 0.05) is 13.0 Å². The maximum Gasteiger partial charge on any atom is 0.184 e. The summed E-state index contributed by atoms with van der Waals surface area (Å²) >= 11 is 0. The molecular weight excluding hydrogens is 216 g/mol. The quantitative estimate of drug-likeness (QED) is 0.780. The minimum absolute atomic E-state index is 0.0354. The van der Waals surface area contributed by atoms with Crippen molar-refractivity contribution >= 4 is 5.78 Å². The smallest absolute Gasteiger partial charge is 0.184 e. The van der Waals surface area contributed by atoms with Crippen molar-refractivity contribution in [3.05, 3.63) is 42.2 Å². The highest BCUT2D eigenvalue weighted by atomic mass is 16.1. The van der Waals surface area contributed by atoms with E-state index in [0.29, 0.717) is 18.7 Å². The molecule has 0 atom stereocenters.